The van der Waals surface area contributed by atoms with Gasteiger partial charge < -0.3 is 5.73 Å². The van der Waals surface area contributed by atoms with Crippen molar-refractivity contribution in [2.24, 2.45) is 0 Å². The average molecular weight is 334 g/mol. The fraction of sp³-hybridized carbons (Fsp3) is 0. The Bertz CT molecular complexity index is 169. The average Bonchev–Trinajstić information content (AvgIpc) is 1.77. The van der Waals surface area contributed by atoms with Gasteiger partial charge in [-0.2, -0.15) is 0 Å². The Kier molecular flexibility index (Phi) is 4.30. The predicted octanol–water partition coefficient (Wildman–Crippen LogP) is 0.641. The SMILES string of the molecule is Nc1ccccc1S.[PbH2]. The first-order chi connectivity index (χ1) is 3.80. The first kappa shape index (κ1) is 9.29. The van der Waals surface area contributed by atoms with Gasteiger partial charge in [0, 0.05) is 10.6 Å². The Morgan fingerprint density at radius 2 is 1.78 bits per heavy atom. The number of thiol groups is 1. The fourth-order valence-electron chi connectivity index (χ4n) is 0.488. The van der Waals surface area contributed by atoms with Gasteiger partial charge in [0.2, 0.25) is 0 Å². The third-order valence-electron chi connectivity index (χ3n) is 0.937. The minimum atomic E-state index is 0. The van der Waals surface area contributed by atoms with E-state index in [1.165, 1.54) is 0 Å². The quantitative estimate of drug-likeness (QED) is 0.407. The van der Waals surface area contributed by atoms with Crippen molar-refractivity contribution in [1.82, 2.24) is 0 Å². The van der Waals surface area contributed by atoms with Crippen LogP contribution in [0.2, 0.25) is 0 Å². The molecular formula is C6H9NPbS. The van der Waals surface area contributed by atoms with E-state index < -0.39 is 0 Å². The molecule has 0 saturated carbocycles. The third kappa shape index (κ3) is 2.57. The van der Waals surface area contributed by atoms with Crippen LogP contribution in [0.1, 0.15) is 0 Å². The van der Waals surface area contributed by atoms with Crippen molar-refractivity contribution in [3.8, 4) is 0 Å². The van der Waals surface area contributed by atoms with Crippen molar-refractivity contribution in [2.75, 3.05) is 5.73 Å². The van der Waals surface area contributed by atoms with Crippen LogP contribution < -0.4 is 5.73 Å². The van der Waals surface area contributed by atoms with Crippen molar-refractivity contribution < 1.29 is 0 Å². The van der Waals surface area contributed by atoms with Gasteiger partial charge in [-0.25, -0.2) is 0 Å². The van der Waals surface area contributed by atoms with E-state index in [0.29, 0.717) is 0 Å². The Balaban J connectivity index is 0.000000640. The van der Waals surface area contributed by atoms with Crippen LogP contribution in [0.15, 0.2) is 29.2 Å². The van der Waals surface area contributed by atoms with Crippen molar-refractivity contribution in [2.45, 2.75) is 4.90 Å². The molecule has 0 fully saturated rings. The number of hydrogen-bond acceptors (Lipinski definition) is 2. The maximum absolute atomic E-state index is 5.44. The molecule has 0 bridgehead atoms. The summed E-state index contributed by atoms with van der Waals surface area (Å²) in [6.45, 7) is 0. The predicted molar refractivity (Wildman–Crippen MR) is 46.7 cm³/mol. The van der Waals surface area contributed by atoms with E-state index in [9.17, 15) is 0 Å². The zero-order chi connectivity index (χ0) is 5.98. The Morgan fingerprint density at radius 3 is 2.11 bits per heavy atom. The van der Waals surface area contributed by atoms with Crippen LogP contribution in [0.5, 0.6) is 0 Å². The molecule has 0 aliphatic heterocycles. The number of rotatable bonds is 0. The molecule has 0 spiro atoms. The molecule has 0 heterocycles. The van der Waals surface area contributed by atoms with E-state index in [-0.39, 0.29) is 27.3 Å². The van der Waals surface area contributed by atoms with Crippen molar-refractivity contribution >= 4 is 45.6 Å². The van der Waals surface area contributed by atoms with Gasteiger partial charge in [0.15, 0.2) is 0 Å². The van der Waals surface area contributed by atoms with E-state index in [4.69, 9.17) is 5.73 Å². The molecule has 0 aromatic heterocycles. The molecule has 1 aromatic carbocycles. The second-order valence-corrected chi connectivity index (χ2v) is 2.04. The van der Waals surface area contributed by atoms with Gasteiger partial charge >= 0.3 is 27.3 Å². The van der Waals surface area contributed by atoms with Crippen LogP contribution >= 0.6 is 12.6 Å². The fourth-order valence-corrected chi connectivity index (χ4v) is 0.648. The van der Waals surface area contributed by atoms with Gasteiger partial charge in [-0.15, -0.1) is 12.6 Å². The normalized spacial score (nSPS) is 8.11. The molecule has 9 heavy (non-hydrogen) atoms. The molecule has 1 aromatic rings. The van der Waals surface area contributed by atoms with Crippen LogP contribution in [-0.4, -0.2) is 27.3 Å². The summed E-state index contributed by atoms with van der Waals surface area (Å²) >= 11 is 4.07. The van der Waals surface area contributed by atoms with Crippen molar-refractivity contribution in [1.29, 1.82) is 0 Å². The molecule has 2 radical (unpaired) electrons. The molecule has 0 aliphatic rings. The summed E-state index contributed by atoms with van der Waals surface area (Å²) in [7, 11) is 0. The molecule has 0 saturated heterocycles. The van der Waals surface area contributed by atoms with Gasteiger partial charge in [0.05, 0.1) is 0 Å². The number of nitrogens with two attached hydrogens (primary N) is 1. The Hall–Kier alpha value is 0.292. The summed E-state index contributed by atoms with van der Waals surface area (Å²) in [4.78, 5) is 0.840. The molecule has 0 atom stereocenters. The first-order valence-electron chi connectivity index (χ1n) is 2.34. The summed E-state index contributed by atoms with van der Waals surface area (Å²) in [5.74, 6) is 0. The molecule has 0 unspecified atom stereocenters. The summed E-state index contributed by atoms with van der Waals surface area (Å²) in [6, 6.07) is 7.47. The molecule has 1 nitrogen and oxygen atoms in total. The Morgan fingerprint density at radius 1 is 1.22 bits per heavy atom. The van der Waals surface area contributed by atoms with E-state index >= 15 is 0 Å². The third-order valence-corrected chi connectivity index (χ3v) is 1.34. The summed E-state index contributed by atoms with van der Waals surface area (Å²) in [5, 5.41) is 0. The van der Waals surface area contributed by atoms with E-state index in [0.717, 1.165) is 10.6 Å². The van der Waals surface area contributed by atoms with Crippen LogP contribution in [0.25, 0.3) is 0 Å². The van der Waals surface area contributed by atoms with Gasteiger partial charge in [0.1, 0.15) is 0 Å². The molecular weight excluding hydrogens is 325 g/mol. The van der Waals surface area contributed by atoms with Gasteiger partial charge in [0.25, 0.3) is 0 Å². The number of benzene rings is 1. The van der Waals surface area contributed by atoms with Gasteiger partial charge in [-0.1, -0.05) is 12.1 Å². The number of nitrogen functional groups attached to an aromatic ring is 1. The molecule has 0 aliphatic carbocycles. The van der Waals surface area contributed by atoms with Crippen molar-refractivity contribution in [3.63, 3.8) is 0 Å². The summed E-state index contributed by atoms with van der Waals surface area (Å²) in [5.41, 5.74) is 6.18. The zero-order valence-corrected chi connectivity index (χ0v) is 11.4. The van der Waals surface area contributed by atoms with E-state index in [1.54, 1.807) is 0 Å². The second-order valence-electron chi connectivity index (χ2n) is 1.56. The molecule has 48 valence electrons. The van der Waals surface area contributed by atoms with E-state index in [1.807, 2.05) is 24.3 Å². The monoisotopic (exact) mass is 335 g/mol. The van der Waals surface area contributed by atoms with Gasteiger partial charge in [-0.05, 0) is 12.1 Å². The van der Waals surface area contributed by atoms with Crippen LogP contribution in [0, 0.1) is 0 Å². The summed E-state index contributed by atoms with van der Waals surface area (Å²) < 4.78 is 0. The zero-order valence-electron chi connectivity index (χ0n) is 5.04. The Labute approximate surface area is 80.2 Å². The van der Waals surface area contributed by atoms with Crippen LogP contribution in [0.4, 0.5) is 5.69 Å². The standard InChI is InChI=1S/C6H7NS.Pb.2H/c7-5-3-1-2-4-6(5)8;;;/h1-4,8H,7H2;;;. The van der Waals surface area contributed by atoms with Crippen LogP contribution in [0.3, 0.4) is 0 Å². The van der Waals surface area contributed by atoms with Crippen LogP contribution in [-0.2, 0) is 0 Å². The molecule has 2 N–H and O–H groups in total. The minimum absolute atomic E-state index is 0. The molecule has 3 heteroatoms. The summed E-state index contributed by atoms with van der Waals surface area (Å²) in [6.07, 6.45) is 0. The number of anilines is 1. The first-order valence-corrected chi connectivity index (χ1v) is 2.79. The molecule has 0 amide bonds. The van der Waals surface area contributed by atoms with E-state index in [2.05, 4.69) is 12.6 Å². The molecule has 1 rings (SSSR count). The maximum atomic E-state index is 5.44. The van der Waals surface area contributed by atoms with Crippen molar-refractivity contribution in [3.05, 3.63) is 24.3 Å². The number of hydrogen-bond donors (Lipinski definition) is 2. The topological polar surface area (TPSA) is 26.0 Å². The number of para-hydroxylation sites is 1. The second kappa shape index (κ2) is 4.16. The van der Waals surface area contributed by atoms with Gasteiger partial charge in [-0.3, -0.25) is 0 Å².